The molecule has 3 rings (SSSR count). The molecule has 0 spiro atoms. The molecule has 0 aliphatic heterocycles. The first-order valence-corrected chi connectivity index (χ1v) is 11.5. The van der Waals surface area contributed by atoms with Gasteiger partial charge in [-0.25, -0.2) is 18.4 Å². The molecule has 29 heavy (non-hydrogen) atoms. The lowest BCUT2D eigenvalue weighted by Gasteiger charge is -2.34. The van der Waals surface area contributed by atoms with E-state index in [-0.39, 0.29) is 12.1 Å². The van der Waals surface area contributed by atoms with Crippen LogP contribution in [0.5, 0.6) is 0 Å². The quantitative estimate of drug-likeness (QED) is 0.379. The van der Waals surface area contributed by atoms with Crippen LogP contribution in [-0.4, -0.2) is 35.9 Å². The molecule has 0 aliphatic rings. The molecule has 1 aromatic carbocycles. The average Bonchev–Trinajstić information content (AvgIpc) is 3.23. The maximum atomic E-state index is 14.5. The Hall–Kier alpha value is -1.97. The first-order chi connectivity index (χ1) is 14.0. The van der Waals surface area contributed by atoms with Crippen molar-refractivity contribution in [2.75, 3.05) is 5.75 Å². The molecule has 154 valence electrons. The molecule has 0 aliphatic carbocycles. The topological polar surface area (TPSA) is 63.8 Å². The van der Waals surface area contributed by atoms with Crippen LogP contribution in [0.1, 0.15) is 24.5 Å². The molecule has 1 N–H and O–H groups in total. The minimum atomic E-state index is -1.65. The highest BCUT2D eigenvalue weighted by Gasteiger charge is 2.40. The van der Waals surface area contributed by atoms with Crippen LogP contribution < -0.4 is 0 Å². The third kappa shape index (κ3) is 5.77. The van der Waals surface area contributed by atoms with Gasteiger partial charge in [-0.2, -0.15) is 5.10 Å². The molecule has 0 fully saturated rings. The van der Waals surface area contributed by atoms with Crippen LogP contribution in [0.15, 0.2) is 55.4 Å². The Morgan fingerprint density at radius 1 is 1.17 bits per heavy atom. The summed E-state index contributed by atoms with van der Waals surface area (Å²) in [5, 5.41) is 15.0. The summed E-state index contributed by atoms with van der Waals surface area (Å²) in [5.41, 5.74) is -0.503. The molecule has 0 bridgehead atoms. The molecule has 3 aromatic rings. The lowest BCUT2D eigenvalue weighted by atomic mass is 9.90. The minimum absolute atomic E-state index is 0.0287. The van der Waals surface area contributed by atoms with E-state index in [2.05, 4.69) is 15.1 Å². The predicted molar refractivity (Wildman–Crippen MR) is 112 cm³/mol. The first-order valence-electron chi connectivity index (χ1n) is 9.16. The van der Waals surface area contributed by atoms with Gasteiger partial charge in [-0.1, -0.05) is 21.6 Å². The van der Waals surface area contributed by atoms with E-state index >= 15 is 0 Å². The summed E-state index contributed by atoms with van der Waals surface area (Å²) in [6.07, 6.45) is 8.24. The lowest BCUT2D eigenvalue weighted by Crippen LogP contribution is -2.41. The zero-order valence-electron chi connectivity index (χ0n) is 15.9. The molecule has 5 nitrogen and oxygen atoms in total. The standard InChI is InChI=1S/C20H22F2N4OS2/c1-15(29-28-10-2-3-16-6-8-23-9-7-16)20(27,12-26-14-24-13-25-26)18-11-17(21)4-5-19(18)22/h4-9,11,13-15,27H,2-3,10,12H2,1H3/t15-,20-/m1/s1. The summed E-state index contributed by atoms with van der Waals surface area (Å²) < 4.78 is 29.7. The fourth-order valence-electron chi connectivity index (χ4n) is 2.94. The Labute approximate surface area is 176 Å². The first kappa shape index (κ1) is 21.7. The van der Waals surface area contributed by atoms with Crippen molar-refractivity contribution in [2.24, 2.45) is 0 Å². The SMILES string of the molecule is C[C@@H](SSCCCc1ccncc1)[C@](O)(Cn1cncn1)c1cc(F)ccc1F. The van der Waals surface area contributed by atoms with E-state index in [9.17, 15) is 13.9 Å². The van der Waals surface area contributed by atoms with Gasteiger partial charge in [-0.15, -0.1) is 0 Å². The number of nitrogens with zero attached hydrogens (tertiary/aromatic N) is 4. The fourth-order valence-corrected chi connectivity index (χ4v) is 5.59. The van der Waals surface area contributed by atoms with Crippen molar-refractivity contribution >= 4 is 21.6 Å². The molecule has 0 amide bonds. The van der Waals surface area contributed by atoms with E-state index in [0.717, 1.165) is 36.8 Å². The number of hydrogen-bond acceptors (Lipinski definition) is 6. The fraction of sp³-hybridized carbons (Fsp3) is 0.350. The summed E-state index contributed by atoms with van der Waals surface area (Å²) >= 11 is 0. The van der Waals surface area contributed by atoms with Gasteiger partial charge in [-0.3, -0.25) is 4.98 Å². The highest BCUT2D eigenvalue weighted by molar-refractivity contribution is 8.76. The van der Waals surface area contributed by atoms with Crippen LogP contribution in [0, 0.1) is 11.6 Å². The van der Waals surface area contributed by atoms with Crippen molar-refractivity contribution in [3.05, 3.63) is 78.1 Å². The van der Waals surface area contributed by atoms with Crippen LogP contribution >= 0.6 is 21.6 Å². The lowest BCUT2D eigenvalue weighted by molar-refractivity contribution is 0.0135. The predicted octanol–water partition coefficient (Wildman–Crippen LogP) is 4.24. The van der Waals surface area contributed by atoms with Gasteiger partial charge in [-0.05, 0) is 55.7 Å². The monoisotopic (exact) mass is 436 g/mol. The summed E-state index contributed by atoms with van der Waals surface area (Å²) in [4.78, 5) is 7.88. The highest BCUT2D eigenvalue weighted by atomic mass is 33.1. The van der Waals surface area contributed by atoms with E-state index < -0.39 is 22.5 Å². The molecule has 9 heteroatoms. The van der Waals surface area contributed by atoms with Crippen molar-refractivity contribution < 1.29 is 13.9 Å². The van der Waals surface area contributed by atoms with Crippen molar-refractivity contribution in [1.82, 2.24) is 19.7 Å². The summed E-state index contributed by atoms with van der Waals surface area (Å²) in [6, 6.07) is 7.11. The number of hydrogen-bond donors (Lipinski definition) is 1. The third-order valence-corrected chi connectivity index (χ3v) is 7.64. The molecule has 2 heterocycles. The average molecular weight is 437 g/mol. The van der Waals surface area contributed by atoms with Crippen molar-refractivity contribution in [3.63, 3.8) is 0 Å². The van der Waals surface area contributed by atoms with Crippen LogP contribution in [0.2, 0.25) is 0 Å². The minimum Gasteiger partial charge on any atom is -0.382 e. The summed E-state index contributed by atoms with van der Waals surface area (Å²) in [5.74, 6) is -0.382. The normalized spacial score (nSPS) is 14.5. The number of halogens is 2. The highest BCUT2D eigenvalue weighted by Crippen LogP contribution is 2.41. The number of rotatable bonds is 10. The van der Waals surface area contributed by atoms with Gasteiger partial charge >= 0.3 is 0 Å². The molecule has 0 saturated heterocycles. The third-order valence-electron chi connectivity index (χ3n) is 4.59. The Balaban J connectivity index is 1.66. The van der Waals surface area contributed by atoms with Gasteiger partial charge in [0.15, 0.2) is 0 Å². The van der Waals surface area contributed by atoms with Crippen LogP contribution in [0.4, 0.5) is 8.78 Å². The van der Waals surface area contributed by atoms with Gasteiger partial charge in [0.25, 0.3) is 0 Å². The molecular formula is C20H22F2N4OS2. The molecular weight excluding hydrogens is 414 g/mol. The zero-order valence-corrected chi connectivity index (χ0v) is 17.5. The Morgan fingerprint density at radius 2 is 1.97 bits per heavy atom. The number of aliphatic hydroxyl groups is 1. The Kier molecular flexibility index (Phi) is 7.63. The van der Waals surface area contributed by atoms with Gasteiger partial charge in [0, 0.05) is 29.0 Å². The molecule has 0 saturated carbocycles. The van der Waals surface area contributed by atoms with Gasteiger partial charge in [0.1, 0.15) is 29.9 Å². The second-order valence-corrected chi connectivity index (χ2v) is 9.49. The van der Waals surface area contributed by atoms with Gasteiger partial charge < -0.3 is 5.11 Å². The molecule has 2 atom stereocenters. The molecule has 2 aromatic heterocycles. The van der Waals surface area contributed by atoms with E-state index in [1.807, 2.05) is 19.1 Å². The van der Waals surface area contributed by atoms with Crippen molar-refractivity contribution in [1.29, 1.82) is 0 Å². The molecule has 0 unspecified atom stereocenters. The molecule has 0 radical (unpaired) electrons. The number of benzene rings is 1. The van der Waals surface area contributed by atoms with E-state index in [4.69, 9.17) is 0 Å². The second kappa shape index (κ2) is 10.2. The smallest absolute Gasteiger partial charge is 0.137 e. The number of pyridine rings is 1. The van der Waals surface area contributed by atoms with E-state index in [1.165, 1.54) is 33.7 Å². The Morgan fingerprint density at radius 3 is 2.69 bits per heavy atom. The van der Waals surface area contributed by atoms with Gasteiger partial charge in [0.05, 0.1) is 6.54 Å². The maximum absolute atomic E-state index is 14.5. The van der Waals surface area contributed by atoms with Crippen molar-refractivity contribution in [2.45, 2.75) is 37.2 Å². The zero-order chi connectivity index (χ0) is 20.7. The largest absolute Gasteiger partial charge is 0.382 e. The van der Waals surface area contributed by atoms with Gasteiger partial charge in [0.2, 0.25) is 0 Å². The van der Waals surface area contributed by atoms with E-state index in [1.54, 1.807) is 23.2 Å². The van der Waals surface area contributed by atoms with E-state index in [0.29, 0.717) is 0 Å². The number of aromatic nitrogens is 4. The van der Waals surface area contributed by atoms with Crippen LogP contribution in [0.3, 0.4) is 0 Å². The Bertz CT molecular complexity index is 899. The van der Waals surface area contributed by atoms with Crippen molar-refractivity contribution in [3.8, 4) is 0 Å². The summed E-state index contributed by atoms with van der Waals surface area (Å²) in [7, 11) is 3.06. The summed E-state index contributed by atoms with van der Waals surface area (Å²) in [6.45, 7) is 1.78. The van der Waals surface area contributed by atoms with Crippen LogP contribution in [0.25, 0.3) is 0 Å². The number of aryl methyl sites for hydroxylation is 1. The second-order valence-electron chi connectivity index (χ2n) is 6.66. The van der Waals surface area contributed by atoms with Crippen LogP contribution in [-0.2, 0) is 18.6 Å². The maximum Gasteiger partial charge on any atom is 0.137 e.